The van der Waals surface area contributed by atoms with E-state index in [1.807, 2.05) is 97.1 Å². The third kappa shape index (κ3) is 14.8. The van der Waals surface area contributed by atoms with E-state index in [2.05, 4.69) is 60.1 Å². The molecule has 0 unspecified atom stereocenters. The van der Waals surface area contributed by atoms with Gasteiger partial charge >= 0.3 is 11.9 Å². The number of nitrogens with two attached hydrogens (primary N) is 2. The first-order chi connectivity index (χ1) is 31.3. The highest BCUT2D eigenvalue weighted by atomic mass is 16.5. The zero-order chi connectivity index (χ0) is 46.8. The van der Waals surface area contributed by atoms with Crippen molar-refractivity contribution in [3.63, 3.8) is 0 Å². The van der Waals surface area contributed by atoms with Gasteiger partial charge in [-0.05, 0) is 83.2 Å². The van der Waals surface area contributed by atoms with E-state index in [1.165, 1.54) is 6.08 Å². The van der Waals surface area contributed by atoms with E-state index in [0.717, 1.165) is 38.2 Å². The Morgan fingerprint density at radius 1 is 0.708 bits per heavy atom. The summed E-state index contributed by atoms with van der Waals surface area (Å²) in [7, 11) is 0. The van der Waals surface area contributed by atoms with Crippen LogP contribution >= 0.6 is 0 Å². The Kier molecular flexibility index (Phi) is 18.3. The average Bonchev–Trinajstić information content (AvgIpc) is 3.29. The number of rotatable bonds is 24. The minimum atomic E-state index is -1.10. The molecule has 3 amide bonds. The fourth-order valence-electron chi connectivity index (χ4n) is 7.29. The van der Waals surface area contributed by atoms with Crippen molar-refractivity contribution in [1.29, 1.82) is 0 Å². The van der Waals surface area contributed by atoms with E-state index in [-0.39, 0.29) is 37.2 Å². The molecule has 0 heterocycles. The molecule has 3 atom stereocenters. The zero-order valence-electron chi connectivity index (χ0n) is 37.8. The quantitative estimate of drug-likeness (QED) is 0.0157. The molecule has 5 aromatic carbocycles. The number of quaternary nitrogens is 1. The second-order valence-corrected chi connectivity index (χ2v) is 17.2. The number of fused-ring (bicyclic) bond motifs is 2. The van der Waals surface area contributed by atoms with Crippen LogP contribution in [0.2, 0.25) is 0 Å². The van der Waals surface area contributed by atoms with Gasteiger partial charge in [-0.2, -0.15) is 0 Å². The molecule has 0 spiro atoms. The molecule has 0 aromatic heterocycles. The molecule has 5 rings (SSSR count). The van der Waals surface area contributed by atoms with Crippen molar-refractivity contribution in [2.45, 2.75) is 84.0 Å². The number of guanidine groups is 1. The van der Waals surface area contributed by atoms with E-state index in [4.69, 9.17) is 25.7 Å². The number of hydrogen-bond acceptors (Lipinski definition) is 7. The van der Waals surface area contributed by atoms with Crippen LogP contribution in [0.4, 0.5) is 0 Å². The van der Waals surface area contributed by atoms with Crippen LogP contribution in [0.3, 0.4) is 0 Å². The lowest BCUT2D eigenvalue weighted by molar-refractivity contribution is -0.459. The molecular weight excluding hydrogens is 823 g/mol. The molecule has 65 heavy (non-hydrogen) atoms. The second-order valence-electron chi connectivity index (χ2n) is 17.2. The number of carbonyl (C=O) groups excluding carboxylic acids is 4. The molecule has 0 fully saturated rings. The number of nitrogens with one attached hydrogen (secondary N) is 4. The lowest BCUT2D eigenvalue weighted by atomic mass is 9.92. The van der Waals surface area contributed by atoms with Crippen LogP contribution in [0, 0.1) is 5.41 Å². The van der Waals surface area contributed by atoms with Gasteiger partial charge in [-0.3, -0.25) is 30.8 Å². The van der Waals surface area contributed by atoms with Gasteiger partial charge in [-0.25, -0.2) is 4.79 Å². The van der Waals surface area contributed by atoms with Gasteiger partial charge < -0.3 is 35.9 Å². The molecule has 14 nitrogen and oxygen atoms in total. The van der Waals surface area contributed by atoms with Gasteiger partial charge in [0.2, 0.25) is 11.8 Å². The van der Waals surface area contributed by atoms with Crippen molar-refractivity contribution in [3.8, 4) is 22.6 Å². The highest BCUT2D eigenvalue weighted by Gasteiger charge is 2.30. The molecular formula is C51H65N7O7+2. The molecule has 14 heteroatoms. The summed E-state index contributed by atoms with van der Waals surface area (Å²) in [4.78, 5) is 57.9. The Morgan fingerprint density at radius 3 is 1.85 bits per heavy atom. The van der Waals surface area contributed by atoms with Gasteiger partial charge in [-0.15, -0.1) is 6.58 Å². The number of esters is 1. The Balaban J connectivity index is 1.37. The monoisotopic (exact) mass is 887 g/mol. The molecule has 5 aromatic rings. The fraction of sp³-hybridized carbons (Fsp3) is 0.353. The summed E-state index contributed by atoms with van der Waals surface area (Å²) in [6.07, 6.45) is 3.69. The van der Waals surface area contributed by atoms with Crippen molar-refractivity contribution in [1.82, 2.24) is 16.0 Å². The number of hydrogen-bond donors (Lipinski definition) is 7. The lowest BCUT2D eigenvalue weighted by Crippen LogP contribution is -2.78. The van der Waals surface area contributed by atoms with Crippen LogP contribution in [0.25, 0.3) is 32.7 Å². The second kappa shape index (κ2) is 24.2. The van der Waals surface area contributed by atoms with E-state index in [9.17, 15) is 19.2 Å². The summed E-state index contributed by atoms with van der Waals surface area (Å²) in [5, 5.41) is 12.3. The molecule has 0 aliphatic carbocycles. The molecule has 0 saturated carbocycles. The summed E-state index contributed by atoms with van der Waals surface area (Å²) in [6.45, 7) is 11.1. The van der Waals surface area contributed by atoms with Crippen molar-refractivity contribution < 1.29 is 44.1 Å². The third-order valence-electron chi connectivity index (χ3n) is 10.6. The van der Waals surface area contributed by atoms with Crippen molar-refractivity contribution in [2.75, 3.05) is 26.3 Å². The lowest BCUT2D eigenvalue weighted by Gasteiger charge is -2.25. The largest absolute Gasteiger partial charge is 0.492 e. The Morgan fingerprint density at radius 2 is 1.26 bits per heavy atom. The van der Waals surface area contributed by atoms with Crippen LogP contribution in [0.15, 0.2) is 116 Å². The van der Waals surface area contributed by atoms with E-state index >= 15 is 0 Å². The summed E-state index contributed by atoms with van der Waals surface area (Å²) in [5.41, 5.74) is 17.4. The topological polar surface area (TPSA) is 226 Å². The Labute approximate surface area is 381 Å². The minimum absolute atomic E-state index is 0.0138. The number of unbranched alkanes of at least 4 members (excludes halogenated alkanes) is 1. The maximum atomic E-state index is 14.1. The summed E-state index contributed by atoms with van der Waals surface area (Å²) in [6, 6.07) is 29.9. The van der Waals surface area contributed by atoms with Crippen molar-refractivity contribution >= 4 is 51.2 Å². The maximum Gasteiger partial charge on any atom is 0.338 e. The first kappa shape index (κ1) is 49.1. The first-order valence-corrected chi connectivity index (χ1v) is 22.2. The van der Waals surface area contributed by atoms with Gasteiger partial charge in [-0.1, -0.05) is 118 Å². The van der Waals surface area contributed by atoms with E-state index in [0.29, 0.717) is 50.5 Å². The van der Waals surface area contributed by atoms with Crippen LogP contribution in [-0.4, -0.2) is 74.1 Å². The van der Waals surface area contributed by atoms with E-state index in [1.54, 1.807) is 0 Å². The first-order valence-electron chi connectivity index (χ1n) is 22.2. The van der Waals surface area contributed by atoms with Crippen LogP contribution < -0.4 is 47.6 Å². The number of carbonyl (C=O) groups is 4. The van der Waals surface area contributed by atoms with Crippen molar-refractivity contribution in [2.24, 2.45) is 16.9 Å². The molecule has 0 aliphatic rings. The maximum absolute atomic E-state index is 14.1. The van der Waals surface area contributed by atoms with Gasteiger partial charge in [0.1, 0.15) is 36.2 Å². The summed E-state index contributed by atoms with van der Waals surface area (Å²) >= 11 is 0. The Bertz CT molecular complexity index is 2430. The molecule has 0 aliphatic heterocycles. The SMILES string of the molecule is C=CC[C@H](NC(=O)[C@@H](CCC[NH+]=C(N)N)NC(=O)[C@@H](CCCC[NH3+])NC(=O)COc1ccc2ccccc2c1-c1c(OCC(C)(C)C)ccc2ccccc12)C(=O)OCc1ccccc1. The number of ether oxygens (including phenoxy) is 3. The standard InChI is InChI=1S/C51H63N7O7/c1-5-16-41(49(62)64-31-34-17-7-6-8-18-34)58-48(61)40(24-15-30-55-50(53)54)57-47(60)39(23-13-14-29-52)56-44(59)32-63-42-27-25-35-19-9-11-21-37(35)45(42)46-38-22-12-10-20-36(38)26-28-43(46)65-33-51(2,3)4/h5-12,17-22,25-28,39-41H,1,13-16,23-24,29-33,52H2,2-4H3,(H,56,59)(H,57,60)(H,58,61)(H4,53,54,55)/p+2/t39-,40-,41+/m1/s1. The fourth-order valence-corrected chi connectivity index (χ4v) is 7.29. The summed E-state index contributed by atoms with van der Waals surface area (Å²) in [5.74, 6) is -1.21. The molecule has 0 radical (unpaired) electrons. The molecule has 0 saturated heterocycles. The normalized spacial score (nSPS) is 12.6. The number of benzene rings is 5. The molecule has 11 N–H and O–H groups in total. The predicted octanol–water partition coefficient (Wildman–Crippen LogP) is 3.78. The zero-order valence-corrected chi connectivity index (χ0v) is 37.8. The van der Waals surface area contributed by atoms with E-state index < -0.39 is 48.4 Å². The molecule has 0 bridgehead atoms. The predicted molar refractivity (Wildman–Crippen MR) is 254 cm³/mol. The summed E-state index contributed by atoms with van der Waals surface area (Å²) < 4.78 is 18.5. The Hall–Kier alpha value is -6.93. The minimum Gasteiger partial charge on any atom is -0.492 e. The van der Waals surface area contributed by atoms with Gasteiger partial charge in [0.25, 0.3) is 5.91 Å². The molecule has 344 valence electrons. The highest BCUT2D eigenvalue weighted by Crippen LogP contribution is 2.45. The van der Waals surface area contributed by atoms with Crippen LogP contribution in [-0.2, 0) is 30.5 Å². The van der Waals surface area contributed by atoms with Gasteiger partial charge in [0.05, 0.1) is 19.7 Å². The smallest absolute Gasteiger partial charge is 0.338 e. The van der Waals surface area contributed by atoms with Crippen molar-refractivity contribution in [3.05, 3.63) is 121 Å². The number of amides is 3. The third-order valence-corrected chi connectivity index (χ3v) is 10.6. The van der Waals surface area contributed by atoms with Gasteiger partial charge in [0.15, 0.2) is 6.61 Å². The van der Waals surface area contributed by atoms with Crippen LogP contribution in [0.1, 0.15) is 64.9 Å². The van der Waals surface area contributed by atoms with Crippen LogP contribution in [0.5, 0.6) is 11.5 Å². The highest BCUT2D eigenvalue weighted by molar-refractivity contribution is 6.10. The van der Waals surface area contributed by atoms with Gasteiger partial charge in [0, 0.05) is 11.1 Å². The average molecular weight is 888 g/mol.